The molecule has 2 nitrogen and oxygen atoms in total. The number of nitrogens with zero attached hydrogens (tertiary/aromatic N) is 2. The number of para-hydroxylation sites is 2. The lowest BCUT2D eigenvalue weighted by Crippen LogP contribution is -2.74. The monoisotopic (exact) mass is 774 g/mol. The molecule has 0 radical (unpaired) electrons. The summed E-state index contributed by atoms with van der Waals surface area (Å²) in [5.41, 5.74) is 10.8. The van der Waals surface area contributed by atoms with Crippen molar-refractivity contribution in [3.05, 3.63) is 217 Å². The summed E-state index contributed by atoms with van der Waals surface area (Å²) in [4.78, 5) is 5.04. The van der Waals surface area contributed by atoms with Gasteiger partial charge in [0.1, 0.15) is 5.82 Å². The van der Waals surface area contributed by atoms with Gasteiger partial charge in [0.05, 0.1) is 11.0 Å². The smallest absolute Gasteiger partial charge is 0.179 e. The Morgan fingerprint density at radius 1 is 0.424 bits per heavy atom. The maximum absolute atomic E-state index is 5.04. The molecule has 1 aromatic heterocycles. The van der Waals surface area contributed by atoms with E-state index in [1.807, 2.05) is 0 Å². The predicted octanol–water partition coefficient (Wildman–Crippen LogP) is 11.8. The van der Waals surface area contributed by atoms with Crippen LogP contribution in [0.15, 0.2) is 200 Å². The maximum Gasteiger partial charge on any atom is 0.179 e. The molecule has 0 aliphatic heterocycles. The third-order valence-electron chi connectivity index (χ3n) is 12.2. The molecule has 0 saturated carbocycles. The zero-order chi connectivity index (χ0) is 40.1. The highest BCUT2D eigenvalue weighted by Gasteiger charge is 2.41. The van der Waals surface area contributed by atoms with Gasteiger partial charge in [-0.3, -0.25) is 4.57 Å². The fourth-order valence-corrected chi connectivity index (χ4v) is 14.3. The van der Waals surface area contributed by atoms with E-state index in [1.54, 1.807) is 0 Å². The number of aromatic nitrogens is 2. The summed E-state index contributed by atoms with van der Waals surface area (Å²) >= 11 is 0. The summed E-state index contributed by atoms with van der Waals surface area (Å²) in [5.74, 6) is 1.36. The lowest BCUT2D eigenvalue weighted by Gasteiger charge is -2.34. The molecule has 0 atom stereocenters. The minimum Gasteiger partial charge on any atom is -0.296 e. The van der Waals surface area contributed by atoms with Crippen LogP contribution in [0.3, 0.4) is 0 Å². The number of hydrogen-bond donors (Lipinski definition) is 0. The van der Waals surface area contributed by atoms with Crippen LogP contribution in [0.2, 0.25) is 0 Å². The first-order valence-electron chi connectivity index (χ1n) is 20.7. The summed E-state index contributed by atoms with van der Waals surface area (Å²) in [6.45, 7) is 8.86. The van der Waals surface area contributed by atoms with Crippen LogP contribution >= 0.6 is 0 Å². The first-order chi connectivity index (χ1) is 28.9. The van der Waals surface area contributed by atoms with Crippen molar-refractivity contribution in [2.45, 2.75) is 33.6 Å². The third kappa shape index (κ3) is 6.13. The van der Waals surface area contributed by atoms with E-state index >= 15 is 0 Å². The normalized spacial score (nSPS) is 11.9. The van der Waals surface area contributed by atoms with E-state index in [1.165, 1.54) is 75.7 Å². The Labute approximate surface area is 348 Å². The van der Waals surface area contributed by atoms with E-state index in [0.717, 1.165) is 22.5 Å². The second-order valence-electron chi connectivity index (χ2n) is 16.3. The van der Waals surface area contributed by atoms with Gasteiger partial charge in [0, 0.05) is 11.6 Å². The Hall–Kier alpha value is -6.81. The van der Waals surface area contributed by atoms with Crippen LogP contribution in [0.4, 0.5) is 0 Å². The van der Waals surface area contributed by atoms with E-state index < -0.39 is 8.07 Å². The zero-order valence-corrected chi connectivity index (χ0v) is 35.0. The molecule has 0 N–H and O–H groups in total. The van der Waals surface area contributed by atoms with Gasteiger partial charge in [0.25, 0.3) is 0 Å². The fourth-order valence-electron chi connectivity index (χ4n) is 9.51. The average molecular weight is 775 g/mol. The van der Waals surface area contributed by atoms with E-state index in [4.69, 9.17) is 4.98 Å². The molecule has 0 spiro atoms. The molecule has 0 amide bonds. The molecule has 9 aromatic carbocycles. The third-order valence-corrected chi connectivity index (χ3v) is 17.0. The maximum atomic E-state index is 5.04. The second kappa shape index (κ2) is 14.8. The van der Waals surface area contributed by atoms with E-state index in [9.17, 15) is 0 Å². The van der Waals surface area contributed by atoms with Gasteiger partial charge in [-0.05, 0) is 103 Å². The van der Waals surface area contributed by atoms with Gasteiger partial charge in [-0.15, -0.1) is 0 Å². The predicted molar refractivity (Wildman–Crippen MR) is 254 cm³/mol. The lowest BCUT2D eigenvalue weighted by atomic mass is 9.85. The molecular formula is C56H46N2Si. The molecule has 10 aromatic rings. The lowest BCUT2D eigenvalue weighted by molar-refractivity contribution is 0.760. The van der Waals surface area contributed by atoms with Gasteiger partial charge in [-0.2, -0.15) is 0 Å². The Kier molecular flexibility index (Phi) is 9.19. The fraction of sp³-hybridized carbons (Fsp3) is 0.0893. The minimum absolute atomic E-state index is 0.288. The van der Waals surface area contributed by atoms with Crippen LogP contribution in [0.1, 0.15) is 36.7 Å². The summed E-state index contributed by atoms with van der Waals surface area (Å²) in [6.07, 6.45) is 0. The molecule has 59 heavy (non-hydrogen) atoms. The van der Waals surface area contributed by atoms with Crippen molar-refractivity contribution in [3.63, 3.8) is 0 Å². The first kappa shape index (κ1) is 36.5. The topological polar surface area (TPSA) is 17.8 Å². The van der Waals surface area contributed by atoms with Crippen LogP contribution in [0.25, 0.3) is 60.5 Å². The molecular weight excluding hydrogens is 729 g/mol. The summed E-state index contributed by atoms with van der Waals surface area (Å²) in [6, 6.07) is 74.7. The van der Waals surface area contributed by atoms with Crippen LogP contribution in [0, 0.1) is 13.8 Å². The van der Waals surface area contributed by atoms with Crippen molar-refractivity contribution in [2.75, 3.05) is 0 Å². The molecule has 284 valence electrons. The van der Waals surface area contributed by atoms with Crippen LogP contribution in [0.5, 0.6) is 0 Å². The van der Waals surface area contributed by atoms with Crippen molar-refractivity contribution in [2.24, 2.45) is 0 Å². The highest BCUT2D eigenvalue weighted by Crippen LogP contribution is 2.44. The van der Waals surface area contributed by atoms with Gasteiger partial charge in [-0.25, -0.2) is 4.98 Å². The van der Waals surface area contributed by atoms with Crippen molar-refractivity contribution >= 4 is 61.4 Å². The highest BCUT2D eigenvalue weighted by molar-refractivity contribution is 7.19. The van der Waals surface area contributed by atoms with Gasteiger partial charge in [0.2, 0.25) is 0 Å². The van der Waals surface area contributed by atoms with Crippen molar-refractivity contribution in [1.82, 2.24) is 9.55 Å². The number of aryl methyl sites for hydroxylation is 2. The molecule has 10 rings (SSSR count). The second-order valence-corrected chi connectivity index (χ2v) is 20.1. The Balaban J connectivity index is 1.17. The molecule has 0 aliphatic rings. The molecule has 0 unspecified atom stereocenters. The number of hydrogen-bond acceptors (Lipinski definition) is 1. The van der Waals surface area contributed by atoms with Gasteiger partial charge in [0.15, 0.2) is 8.07 Å². The molecule has 0 aliphatic carbocycles. The van der Waals surface area contributed by atoms with Gasteiger partial charge in [-0.1, -0.05) is 201 Å². The van der Waals surface area contributed by atoms with Crippen molar-refractivity contribution < 1.29 is 0 Å². The Bertz CT molecular complexity index is 3010. The SMILES string of the molecule is Cc1ccc2c(-c3ccc([Si](c4ccccc4)(c4ccccc4)c4ccccc4)cc3)c3cc(C)ccc3c(-c3ccc(-n4c(C(C)C)nc5ccccc54)cc3)c2c1. The van der Waals surface area contributed by atoms with Crippen LogP contribution in [-0.4, -0.2) is 17.6 Å². The van der Waals surface area contributed by atoms with Crippen LogP contribution in [-0.2, 0) is 0 Å². The Morgan fingerprint density at radius 2 is 0.847 bits per heavy atom. The quantitative estimate of drug-likeness (QED) is 0.0854. The van der Waals surface area contributed by atoms with Crippen molar-refractivity contribution in [3.8, 4) is 27.9 Å². The largest absolute Gasteiger partial charge is 0.296 e. The molecule has 1 heterocycles. The van der Waals surface area contributed by atoms with Crippen molar-refractivity contribution in [1.29, 1.82) is 0 Å². The molecule has 0 fully saturated rings. The number of rotatable bonds is 8. The summed E-state index contributed by atoms with van der Waals surface area (Å²) < 4.78 is 2.32. The molecule has 3 heteroatoms. The molecule has 0 bridgehead atoms. The van der Waals surface area contributed by atoms with E-state index in [-0.39, 0.29) is 5.92 Å². The standard InChI is InChI=1S/C56H46N2Si/c1-38(2)56-57-52-22-14-15-23-53(52)58(56)43-30-26-41(27-31-43)54-48-34-24-40(4)37-51(48)55(49-35-25-39(3)36-50(49)54)42-28-32-47(33-29-42)59(44-16-8-5-9-17-44,45-18-10-6-11-19-45)46-20-12-7-13-21-46/h5-38H,1-4H3. The van der Waals surface area contributed by atoms with Crippen LogP contribution < -0.4 is 20.7 Å². The number of fused-ring (bicyclic) bond motifs is 3. The number of imidazole rings is 1. The van der Waals surface area contributed by atoms with Gasteiger partial charge >= 0.3 is 0 Å². The highest BCUT2D eigenvalue weighted by atomic mass is 28.3. The first-order valence-corrected chi connectivity index (χ1v) is 22.7. The summed E-state index contributed by atoms with van der Waals surface area (Å²) in [5, 5.41) is 10.6. The zero-order valence-electron chi connectivity index (χ0n) is 34.0. The Morgan fingerprint density at radius 3 is 1.32 bits per heavy atom. The van der Waals surface area contributed by atoms with E-state index in [2.05, 4.69) is 232 Å². The summed E-state index contributed by atoms with van der Waals surface area (Å²) in [7, 11) is -2.66. The van der Waals surface area contributed by atoms with E-state index in [0.29, 0.717) is 0 Å². The van der Waals surface area contributed by atoms with Gasteiger partial charge < -0.3 is 0 Å². The molecule has 0 saturated heterocycles. The minimum atomic E-state index is -2.66. The number of benzene rings is 9. The average Bonchev–Trinajstić information content (AvgIpc) is 3.68.